The number of hydrogen-bond donors (Lipinski definition) is 0. The van der Waals surface area contributed by atoms with Gasteiger partial charge >= 0.3 is 0 Å². The standard InChI is InChI=1S/C18H19N3O3S/c1-13-5-4-9-20(12-13)25(23,24)14-7-8-16-15(11-14)18(22)19-17-6-2-3-10-21(16)17/h2-3,6-8,10-11,13H,4-5,9,12H2,1H3/t13-/m1/s1. The molecule has 0 amide bonds. The van der Waals surface area contributed by atoms with Crippen molar-refractivity contribution >= 4 is 26.6 Å². The maximum atomic E-state index is 12.9. The Bertz CT molecular complexity index is 1120. The van der Waals surface area contributed by atoms with Gasteiger partial charge < -0.3 is 4.40 Å². The van der Waals surface area contributed by atoms with Crippen LogP contribution < -0.4 is 5.56 Å². The lowest BCUT2D eigenvalue weighted by molar-refractivity contribution is 0.281. The topological polar surface area (TPSA) is 71.8 Å². The molecule has 7 heteroatoms. The first-order valence-electron chi connectivity index (χ1n) is 8.38. The molecule has 4 rings (SSSR count). The summed E-state index contributed by atoms with van der Waals surface area (Å²) in [5.74, 6) is 0.347. The first kappa shape index (κ1) is 16.2. The third-order valence-corrected chi connectivity index (χ3v) is 6.63. The zero-order valence-corrected chi connectivity index (χ0v) is 14.7. The van der Waals surface area contributed by atoms with Crippen LogP contribution in [0.15, 0.2) is 52.3 Å². The second-order valence-corrected chi connectivity index (χ2v) is 8.57. The Hall–Kier alpha value is -2.25. The van der Waals surface area contributed by atoms with Crippen molar-refractivity contribution in [3.63, 3.8) is 0 Å². The van der Waals surface area contributed by atoms with Crippen LogP contribution in [0.1, 0.15) is 19.8 Å². The number of rotatable bonds is 2. The van der Waals surface area contributed by atoms with Crippen molar-refractivity contribution in [1.29, 1.82) is 0 Å². The molecular weight excluding hydrogens is 338 g/mol. The minimum atomic E-state index is -3.60. The summed E-state index contributed by atoms with van der Waals surface area (Å²) in [5, 5.41) is 0.315. The summed E-state index contributed by atoms with van der Waals surface area (Å²) in [7, 11) is -3.60. The third kappa shape index (κ3) is 2.73. The Morgan fingerprint density at radius 1 is 1.20 bits per heavy atom. The highest BCUT2D eigenvalue weighted by Gasteiger charge is 2.29. The molecule has 1 aliphatic rings. The third-order valence-electron chi connectivity index (χ3n) is 4.77. The van der Waals surface area contributed by atoms with Crippen molar-refractivity contribution in [3.8, 4) is 0 Å². The molecule has 0 aliphatic carbocycles. The van der Waals surface area contributed by atoms with Crippen LogP contribution in [0.3, 0.4) is 0 Å². The van der Waals surface area contributed by atoms with Crippen molar-refractivity contribution in [3.05, 3.63) is 52.9 Å². The molecule has 0 unspecified atom stereocenters. The molecule has 0 bridgehead atoms. The van der Waals surface area contributed by atoms with Crippen molar-refractivity contribution in [2.24, 2.45) is 5.92 Å². The second kappa shape index (κ2) is 5.93. The molecule has 1 fully saturated rings. The first-order valence-corrected chi connectivity index (χ1v) is 9.82. The number of sulfonamides is 1. The quantitative estimate of drug-likeness (QED) is 0.660. The van der Waals surface area contributed by atoms with Crippen LogP contribution in [0.5, 0.6) is 0 Å². The predicted molar refractivity (Wildman–Crippen MR) is 96.1 cm³/mol. The summed E-state index contributed by atoms with van der Waals surface area (Å²) in [6.07, 6.45) is 3.72. The van der Waals surface area contributed by atoms with E-state index in [2.05, 4.69) is 11.9 Å². The fourth-order valence-electron chi connectivity index (χ4n) is 3.46. The SMILES string of the molecule is C[C@@H]1CCCN(S(=O)(=O)c2ccc3c(c2)c(=O)nc2ccccn23)C1. The van der Waals surface area contributed by atoms with Gasteiger partial charge in [-0.15, -0.1) is 0 Å². The highest BCUT2D eigenvalue weighted by Crippen LogP contribution is 2.25. The summed E-state index contributed by atoms with van der Waals surface area (Å²) in [4.78, 5) is 16.6. The normalized spacial score (nSPS) is 19.5. The van der Waals surface area contributed by atoms with E-state index in [4.69, 9.17) is 0 Å². The van der Waals surface area contributed by atoms with Gasteiger partial charge in [-0.3, -0.25) is 4.79 Å². The molecule has 1 saturated heterocycles. The fourth-order valence-corrected chi connectivity index (χ4v) is 5.09. The average Bonchev–Trinajstić information content (AvgIpc) is 2.61. The van der Waals surface area contributed by atoms with Crippen LogP contribution >= 0.6 is 0 Å². The van der Waals surface area contributed by atoms with Crippen molar-refractivity contribution in [2.75, 3.05) is 13.1 Å². The van der Waals surface area contributed by atoms with Gasteiger partial charge in [-0.2, -0.15) is 9.29 Å². The molecule has 0 saturated carbocycles. The Morgan fingerprint density at radius 3 is 2.84 bits per heavy atom. The molecule has 3 aromatic rings. The number of hydrogen-bond acceptors (Lipinski definition) is 4. The number of nitrogens with zero attached hydrogens (tertiary/aromatic N) is 3. The zero-order valence-electron chi connectivity index (χ0n) is 13.9. The van der Waals surface area contributed by atoms with E-state index in [0.29, 0.717) is 35.6 Å². The largest absolute Gasteiger partial charge is 0.301 e. The van der Waals surface area contributed by atoms with Crippen LogP contribution in [-0.4, -0.2) is 35.2 Å². The number of fused-ring (bicyclic) bond motifs is 3. The number of aromatic nitrogens is 2. The van der Waals surface area contributed by atoms with Gasteiger partial charge in [0.1, 0.15) is 5.65 Å². The maximum absolute atomic E-state index is 12.9. The molecule has 25 heavy (non-hydrogen) atoms. The van der Waals surface area contributed by atoms with E-state index < -0.39 is 15.6 Å². The number of benzene rings is 1. The number of piperidine rings is 1. The Morgan fingerprint density at radius 2 is 2.04 bits per heavy atom. The molecule has 3 heterocycles. The number of pyridine rings is 1. The lowest BCUT2D eigenvalue weighted by Crippen LogP contribution is -2.39. The monoisotopic (exact) mass is 357 g/mol. The van der Waals surface area contributed by atoms with Gasteiger partial charge in [0.2, 0.25) is 10.0 Å². The predicted octanol–water partition coefficient (Wildman–Crippen LogP) is 2.27. The van der Waals surface area contributed by atoms with E-state index in [1.165, 1.54) is 10.4 Å². The molecule has 0 spiro atoms. The molecule has 6 nitrogen and oxygen atoms in total. The zero-order chi connectivity index (χ0) is 17.6. The van der Waals surface area contributed by atoms with Crippen molar-refractivity contribution in [1.82, 2.24) is 13.7 Å². The summed E-state index contributed by atoms with van der Waals surface area (Å²) < 4.78 is 29.2. The van der Waals surface area contributed by atoms with E-state index in [-0.39, 0.29) is 4.90 Å². The van der Waals surface area contributed by atoms with Gasteiger partial charge in [0.15, 0.2) is 0 Å². The Balaban J connectivity index is 1.88. The summed E-state index contributed by atoms with van der Waals surface area (Å²) >= 11 is 0. The minimum Gasteiger partial charge on any atom is -0.301 e. The van der Waals surface area contributed by atoms with E-state index in [1.807, 2.05) is 18.3 Å². The molecule has 1 aromatic carbocycles. The van der Waals surface area contributed by atoms with Gasteiger partial charge in [0.25, 0.3) is 5.56 Å². The van der Waals surface area contributed by atoms with Crippen molar-refractivity contribution in [2.45, 2.75) is 24.7 Å². The van der Waals surface area contributed by atoms with Gasteiger partial charge in [-0.1, -0.05) is 13.0 Å². The molecule has 130 valence electrons. The molecule has 1 aliphatic heterocycles. The van der Waals surface area contributed by atoms with Gasteiger partial charge in [0.05, 0.1) is 15.8 Å². The summed E-state index contributed by atoms with van der Waals surface area (Å²) in [6, 6.07) is 10.1. The minimum absolute atomic E-state index is 0.156. The smallest absolute Gasteiger partial charge is 0.281 e. The van der Waals surface area contributed by atoms with Crippen LogP contribution in [0, 0.1) is 5.92 Å². The van der Waals surface area contributed by atoms with Gasteiger partial charge in [-0.05, 0) is 49.1 Å². The van der Waals surface area contributed by atoms with Crippen molar-refractivity contribution < 1.29 is 8.42 Å². The highest BCUT2D eigenvalue weighted by atomic mass is 32.2. The van der Waals surface area contributed by atoms with E-state index in [9.17, 15) is 13.2 Å². The molecule has 0 radical (unpaired) electrons. The van der Waals surface area contributed by atoms with Gasteiger partial charge in [0, 0.05) is 19.3 Å². The lowest BCUT2D eigenvalue weighted by atomic mass is 10.0. The van der Waals surface area contributed by atoms with Crippen LogP contribution in [0.2, 0.25) is 0 Å². The van der Waals surface area contributed by atoms with Crippen LogP contribution in [-0.2, 0) is 10.0 Å². The molecule has 1 atom stereocenters. The summed E-state index contributed by atoms with van der Waals surface area (Å²) in [5.41, 5.74) is 0.785. The molecule has 0 N–H and O–H groups in total. The fraction of sp³-hybridized carbons (Fsp3) is 0.333. The maximum Gasteiger partial charge on any atom is 0.281 e. The average molecular weight is 357 g/mol. The van der Waals surface area contributed by atoms with Crippen LogP contribution in [0.25, 0.3) is 16.6 Å². The van der Waals surface area contributed by atoms with E-state index >= 15 is 0 Å². The van der Waals surface area contributed by atoms with Gasteiger partial charge in [-0.25, -0.2) is 8.42 Å². The Labute approximate surface area is 145 Å². The molecular formula is C18H19N3O3S. The highest BCUT2D eigenvalue weighted by molar-refractivity contribution is 7.89. The first-order chi connectivity index (χ1) is 12.0. The van der Waals surface area contributed by atoms with Crippen LogP contribution in [0.4, 0.5) is 0 Å². The lowest BCUT2D eigenvalue weighted by Gasteiger charge is -2.30. The van der Waals surface area contributed by atoms with E-state index in [1.54, 1.807) is 22.6 Å². The Kier molecular flexibility index (Phi) is 3.85. The second-order valence-electron chi connectivity index (χ2n) is 6.64. The summed E-state index contributed by atoms with van der Waals surface area (Å²) in [6.45, 7) is 3.11. The van der Waals surface area contributed by atoms with E-state index in [0.717, 1.165) is 12.8 Å². The molecule has 2 aromatic heterocycles.